The highest BCUT2D eigenvalue weighted by atomic mass is 35.5. The van der Waals surface area contributed by atoms with E-state index in [1.807, 2.05) is 13.8 Å². The van der Waals surface area contributed by atoms with Crippen LogP contribution >= 0.6 is 12.4 Å². The minimum Gasteiger partial charge on any atom is -0.355 e. The van der Waals surface area contributed by atoms with Crippen LogP contribution in [0.2, 0.25) is 0 Å². The molecule has 0 spiro atoms. The second-order valence-corrected chi connectivity index (χ2v) is 4.44. The minimum atomic E-state index is -0.0927. The van der Waals surface area contributed by atoms with Gasteiger partial charge in [-0.2, -0.15) is 0 Å². The van der Waals surface area contributed by atoms with Crippen LogP contribution < -0.4 is 10.6 Å². The summed E-state index contributed by atoms with van der Waals surface area (Å²) >= 11 is 0. The van der Waals surface area contributed by atoms with Gasteiger partial charge in [0.2, 0.25) is 11.8 Å². The minimum absolute atomic E-state index is 0. The summed E-state index contributed by atoms with van der Waals surface area (Å²) in [5.74, 6) is 0.672. The van der Waals surface area contributed by atoms with E-state index in [4.69, 9.17) is 0 Å². The van der Waals surface area contributed by atoms with Crippen LogP contribution in [0.1, 0.15) is 26.7 Å². The van der Waals surface area contributed by atoms with Crippen molar-refractivity contribution in [3.63, 3.8) is 0 Å². The first-order valence-electron chi connectivity index (χ1n) is 6.42. The fraction of sp³-hybridized carbons (Fsp3) is 0.833. The molecule has 2 amide bonds. The second kappa shape index (κ2) is 9.16. The Bertz CT molecular complexity index is 270. The van der Waals surface area contributed by atoms with Gasteiger partial charge in [0.1, 0.15) is 0 Å². The van der Waals surface area contributed by atoms with E-state index in [1.165, 1.54) is 12.8 Å². The average Bonchev–Trinajstić information content (AvgIpc) is 3.10. The van der Waals surface area contributed by atoms with Gasteiger partial charge in [0.05, 0.1) is 13.1 Å². The first-order valence-corrected chi connectivity index (χ1v) is 6.42. The third-order valence-corrected chi connectivity index (χ3v) is 2.85. The molecule has 0 atom stereocenters. The van der Waals surface area contributed by atoms with Crippen molar-refractivity contribution in [2.24, 2.45) is 5.92 Å². The standard InChI is InChI=1S/C12H23N3O2.ClH/c1-3-14-11(16)9-15(4-2)12(17)8-13-7-10-5-6-10;/h10,13H,3-9H2,1-2H3,(H,14,16);1H. The van der Waals surface area contributed by atoms with E-state index < -0.39 is 0 Å². The topological polar surface area (TPSA) is 61.4 Å². The van der Waals surface area contributed by atoms with E-state index in [-0.39, 0.29) is 30.8 Å². The number of nitrogens with one attached hydrogen (secondary N) is 2. The number of halogens is 1. The summed E-state index contributed by atoms with van der Waals surface area (Å²) in [6.07, 6.45) is 2.55. The maximum absolute atomic E-state index is 11.8. The number of carbonyl (C=O) groups is 2. The molecular formula is C12H24ClN3O2. The lowest BCUT2D eigenvalue weighted by Crippen LogP contribution is -2.44. The Morgan fingerprint density at radius 2 is 1.94 bits per heavy atom. The van der Waals surface area contributed by atoms with Gasteiger partial charge >= 0.3 is 0 Å². The van der Waals surface area contributed by atoms with Crippen LogP contribution in [-0.2, 0) is 9.59 Å². The Morgan fingerprint density at radius 3 is 2.44 bits per heavy atom. The Morgan fingerprint density at radius 1 is 1.28 bits per heavy atom. The molecule has 0 aromatic heterocycles. The molecule has 0 bridgehead atoms. The van der Waals surface area contributed by atoms with E-state index in [1.54, 1.807) is 4.90 Å². The molecule has 0 aliphatic heterocycles. The Kier molecular flexibility index (Phi) is 8.75. The number of likely N-dealkylation sites (N-methyl/N-ethyl adjacent to an activating group) is 2. The molecule has 2 N–H and O–H groups in total. The van der Waals surface area contributed by atoms with Crippen molar-refractivity contribution in [2.75, 3.05) is 32.7 Å². The Balaban J connectivity index is 0.00000289. The highest BCUT2D eigenvalue weighted by Crippen LogP contribution is 2.27. The molecule has 0 saturated heterocycles. The third kappa shape index (κ3) is 6.81. The molecule has 0 aromatic carbocycles. The highest BCUT2D eigenvalue weighted by Gasteiger charge is 2.21. The molecule has 18 heavy (non-hydrogen) atoms. The van der Waals surface area contributed by atoms with Gasteiger partial charge < -0.3 is 15.5 Å². The van der Waals surface area contributed by atoms with Crippen LogP contribution in [0, 0.1) is 5.92 Å². The van der Waals surface area contributed by atoms with E-state index in [0.29, 0.717) is 19.6 Å². The van der Waals surface area contributed by atoms with E-state index in [0.717, 1.165) is 12.5 Å². The van der Waals surface area contributed by atoms with Gasteiger partial charge in [0.25, 0.3) is 0 Å². The lowest BCUT2D eigenvalue weighted by molar-refractivity contribution is -0.135. The number of nitrogens with zero attached hydrogens (tertiary/aromatic N) is 1. The van der Waals surface area contributed by atoms with Gasteiger partial charge in [0, 0.05) is 13.1 Å². The monoisotopic (exact) mass is 277 g/mol. The Labute approximate surface area is 115 Å². The van der Waals surface area contributed by atoms with Gasteiger partial charge in [-0.25, -0.2) is 0 Å². The second-order valence-electron chi connectivity index (χ2n) is 4.44. The van der Waals surface area contributed by atoms with Crippen molar-refractivity contribution >= 4 is 24.2 Å². The summed E-state index contributed by atoms with van der Waals surface area (Å²) in [5.41, 5.74) is 0. The summed E-state index contributed by atoms with van der Waals surface area (Å²) < 4.78 is 0. The Hall–Kier alpha value is -0.810. The molecule has 0 unspecified atom stereocenters. The van der Waals surface area contributed by atoms with Crippen LogP contribution in [-0.4, -0.2) is 49.4 Å². The van der Waals surface area contributed by atoms with Crippen molar-refractivity contribution in [3.05, 3.63) is 0 Å². The van der Waals surface area contributed by atoms with Crippen molar-refractivity contribution in [1.82, 2.24) is 15.5 Å². The fourth-order valence-electron chi connectivity index (χ4n) is 1.62. The summed E-state index contributed by atoms with van der Waals surface area (Å²) in [7, 11) is 0. The summed E-state index contributed by atoms with van der Waals surface area (Å²) in [5, 5.41) is 5.84. The van der Waals surface area contributed by atoms with E-state index in [9.17, 15) is 9.59 Å². The molecule has 6 heteroatoms. The van der Waals surface area contributed by atoms with Crippen LogP contribution in [0.5, 0.6) is 0 Å². The molecule has 0 heterocycles. The largest absolute Gasteiger partial charge is 0.355 e. The number of rotatable bonds is 8. The van der Waals surface area contributed by atoms with Crippen molar-refractivity contribution in [3.8, 4) is 0 Å². The van der Waals surface area contributed by atoms with Gasteiger partial charge in [-0.05, 0) is 39.2 Å². The highest BCUT2D eigenvalue weighted by molar-refractivity contribution is 5.85. The third-order valence-electron chi connectivity index (χ3n) is 2.85. The number of carbonyl (C=O) groups excluding carboxylic acids is 2. The lowest BCUT2D eigenvalue weighted by atomic mass is 10.4. The average molecular weight is 278 g/mol. The predicted octanol–water partition coefficient (Wildman–Crippen LogP) is 0.392. The zero-order chi connectivity index (χ0) is 12.7. The van der Waals surface area contributed by atoms with Crippen LogP contribution in [0.25, 0.3) is 0 Å². The summed E-state index contributed by atoms with van der Waals surface area (Å²) in [4.78, 5) is 24.8. The van der Waals surface area contributed by atoms with Crippen molar-refractivity contribution < 1.29 is 9.59 Å². The molecule has 0 radical (unpaired) electrons. The number of hydrogen-bond acceptors (Lipinski definition) is 3. The summed E-state index contributed by atoms with van der Waals surface area (Å²) in [6, 6.07) is 0. The van der Waals surface area contributed by atoms with E-state index in [2.05, 4.69) is 10.6 Å². The number of amides is 2. The predicted molar refractivity (Wildman–Crippen MR) is 73.8 cm³/mol. The first-order chi connectivity index (χ1) is 8.17. The van der Waals surface area contributed by atoms with E-state index >= 15 is 0 Å². The smallest absolute Gasteiger partial charge is 0.239 e. The van der Waals surface area contributed by atoms with Crippen LogP contribution in [0.3, 0.4) is 0 Å². The molecule has 0 aromatic rings. The molecule has 1 fully saturated rings. The SMILES string of the molecule is CCNC(=O)CN(CC)C(=O)CNCC1CC1.Cl. The van der Waals surface area contributed by atoms with Crippen molar-refractivity contribution in [2.45, 2.75) is 26.7 Å². The summed E-state index contributed by atoms with van der Waals surface area (Å²) in [6.45, 7) is 6.35. The maximum Gasteiger partial charge on any atom is 0.239 e. The zero-order valence-corrected chi connectivity index (χ0v) is 12.0. The molecule has 106 valence electrons. The first kappa shape index (κ1) is 17.2. The van der Waals surface area contributed by atoms with Gasteiger partial charge in [-0.15, -0.1) is 12.4 Å². The lowest BCUT2D eigenvalue weighted by Gasteiger charge is -2.20. The maximum atomic E-state index is 11.8. The zero-order valence-electron chi connectivity index (χ0n) is 11.2. The van der Waals surface area contributed by atoms with Gasteiger partial charge in [-0.1, -0.05) is 0 Å². The molecule has 1 aliphatic carbocycles. The molecule has 1 saturated carbocycles. The molecule has 1 rings (SSSR count). The van der Waals surface area contributed by atoms with Gasteiger partial charge in [-0.3, -0.25) is 9.59 Å². The molecular weight excluding hydrogens is 254 g/mol. The normalized spacial score (nSPS) is 13.7. The van der Waals surface area contributed by atoms with Gasteiger partial charge in [0.15, 0.2) is 0 Å². The molecule has 1 aliphatic rings. The fourth-order valence-corrected chi connectivity index (χ4v) is 1.62. The van der Waals surface area contributed by atoms with Crippen LogP contribution in [0.4, 0.5) is 0 Å². The molecule has 5 nitrogen and oxygen atoms in total. The quantitative estimate of drug-likeness (QED) is 0.675. The number of hydrogen-bond donors (Lipinski definition) is 2. The van der Waals surface area contributed by atoms with Crippen LogP contribution in [0.15, 0.2) is 0 Å². The van der Waals surface area contributed by atoms with Crippen molar-refractivity contribution in [1.29, 1.82) is 0 Å².